The number of rotatable bonds is 3. The van der Waals surface area contributed by atoms with Crippen LogP contribution in [-0.4, -0.2) is 23.7 Å². The second-order valence-corrected chi connectivity index (χ2v) is 7.37. The zero-order valence-electron chi connectivity index (χ0n) is 15.1. The molecule has 0 bridgehead atoms. The van der Waals surface area contributed by atoms with Gasteiger partial charge in [-0.25, -0.2) is 4.39 Å². The van der Waals surface area contributed by atoms with Gasteiger partial charge in [0, 0.05) is 24.8 Å². The van der Waals surface area contributed by atoms with Crippen LogP contribution >= 0.6 is 12.4 Å². The zero-order valence-corrected chi connectivity index (χ0v) is 15.9. The fourth-order valence-electron chi connectivity index (χ4n) is 4.21. The second kappa shape index (κ2) is 8.28. The number of aromatic nitrogens is 1. The van der Waals surface area contributed by atoms with E-state index in [1.165, 1.54) is 12.5 Å². The Kier molecular flexibility index (Phi) is 6.03. The van der Waals surface area contributed by atoms with Crippen molar-refractivity contribution in [2.45, 2.75) is 50.6 Å². The summed E-state index contributed by atoms with van der Waals surface area (Å²) >= 11 is 0. The summed E-state index contributed by atoms with van der Waals surface area (Å²) in [6.45, 7) is 1.68. The minimum atomic E-state index is -0.425. The van der Waals surface area contributed by atoms with Gasteiger partial charge in [0.15, 0.2) is 0 Å². The maximum absolute atomic E-state index is 14.7. The van der Waals surface area contributed by atoms with Crippen molar-refractivity contribution in [2.24, 2.45) is 0 Å². The molecule has 1 saturated heterocycles. The Balaban J connectivity index is 0.00000210. The molecule has 1 aromatic carbocycles. The van der Waals surface area contributed by atoms with Crippen LogP contribution in [0.2, 0.25) is 0 Å². The van der Waals surface area contributed by atoms with Crippen LogP contribution in [0.25, 0.3) is 10.9 Å². The molecule has 2 aliphatic rings. The molecule has 0 amide bonds. The first kappa shape index (κ1) is 19.7. The van der Waals surface area contributed by atoms with Crippen molar-refractivity contribution in [1.29, 1.82) is 5.26 Å². The van der Waals surface area contributed by atoms with Crippen molar-refractivity contribution < 1.29 is 4.39 Å². The Labute approximate surface area is 164 Å². The molecule has 2 N–H and O–H groups in total. The number of anilines is 1. The molecule has 2 fully saturated rings. The lowest BCUT2D eigenvalue weighted by Crippen LogP contribution is -2.23. The first-order valence-corrected chi connectivity index (χ1v) is 9.43. The van der Waals surface area contributed by atoms with Crippen LogP contribution in [0.4, 0.5) is 10.1 Å². The number of fused-ring (bicyclic) bond motifs is 1. The van der Waals surface area contributed by atoms with Gasteiger partial charge in [-0.15, -0.1) is 12.4 Å². The highest BCUT2D eigenvalue weighted by atomic mass is 35.5. The normalized spacial score (nSPS) is 20.2. The summed E-state index contributed by atoms with van der Waals surface area (Å²) < 4.78 is 16.7. The number of nitriles is 1. The number of nitrogens with one attached hydrogen (secondary N) is 2. The number of pyridine rings is 1. The fraction of sp³-hybridized carbons (Fsp3) is 0.500. The highest BCUT2D eigenvalue weighted by molar-refractivity contribution is 5.85. The summed E-state index contributed by atoms with van der Waals surface area (Å²) in [7, 11) is 0. The standard InChI is InChI=1S/C20H23FN4O.ClH/c21-17-8-16-19(9-18(17)24-14-4-2-1-3-5-14)25(15-6-7-23-11-15)12-13(10-22)20(16)26;/h8-9,12,14-15,23-24H,1-7,11H2;1H. The van der Waals surface area contributed by atoms with Gasteiger partial charge in [-0.3, -0.25) is 4.79 Å². The van der Waals surface area contributed by atoms with Crippen LogP contribution < -0.4 is 16.1 Å². The molecule has 144 valence electrons. The molecule has 27 heavy (non-hydrogen) atoms. The van der Waals surface area contributed by atoms with Crippen LogP contribution in [0, 0.1) is 17.1 Å². The summed E-state index contributed by atoms with van der Waals surface area (Å²) in [6.07, 6.45) is 8.21. The number of hydrogen-bond donors (Lipinski definition) is 2. The third-order valence-corrected chi connectivity index (χ3v) is 5.63. The van der Waals surface area contributed by atoms with Crippen molar-refractivity contribution in [3.05, 3.63) is 39.9 Å². The monoisotopic (exact) mass is 390 g/mol. The van der Waals surface area contributed by atoms with Gasteiger partial charge in [0.05, 0.1) is 16.6 Å². The number of nitrogens with zero attached hydrogens (tertiary/aromatic N) is 2. The molecule has 0 radical (unpaired) electrons. The lowest BCUT2D eigenvalue weighted by Gasteiger charge is -2.25. The summed E-state index contributed by atoms with van der Waals surface area (Å²) in [5, 5.41) is 16.2. The Hall–Kier alpha value is -2.10. The van der Waals surface area contributed by atoms with Crippen molar-refractivity contribution in [3.8, 4) is 6.07 Å². The Morgan fingerprint density at radius 2 is 2.00 bits per heavy atom. The van der Waals surface area contributed by atoms with E-state index < -0.39 is 11.2 Å². The van der Waals surface area contributed by atoms with Crippen molar-refractivity contribution >= 4 is 29.0 Å². The van der Waals surface area contributed by atoms with Gasteiger partial charge in [-0.2, -0.15) is 5.26 Å². The summed E-state index contributed by atoms with van der Waals surface area (Å²) in [4.78, 5) is 12.5. The molecule has 1 atom stereocenters. The summed E-state index contributed by atoms with van der Waals surface area (Å²) in [6, 6.07) is 5.45. The van der Waals surface area contributed by atoms with Crippen LogP contribution in [0.15, 0.2) is 23.1 Å². The molecular weight excluding hydrogens is 367 g/mol. The topological polar surface area (TPSA) is 69.8 Å². The second-order valence-electron chi connectivity index (χ2n) is 7.37. The Bertz CT molecular complexity index is 924. The number of halogens is 2. The third kappa shape index (κ3) is 3.80. The van der Waals surface area contributed by atoms with E-state index in [4.69, 9.17) is 0 Å². The number of hydrogen-bond acceptors (Lipinski definition) is 4. The molecule has 1 aliphatic heterocycles. The van der Waals surface area contributed by atoms with E-state index in [2.05, 4.69) is 10.6 Å². The van der Waals surface area contributed by atoms with E-state index in [-0.39, 0.29) is 35.4 Å². The van der Waals surface area contributed by atoms with E-state index in [1.807, 2.05) is 10.6 Å². The van der Waals surface area contributed by atoms with E-state index in [1.54, 1.807) is 12.3 Å². The quantitative estimate of drug-likeness (QED) is 0.838. The fourth-order valence-corrected chi connectivity index (χ4v) is 4.21. The molecule has 1 unspecified atom stereocenters. The maximum Gasteiger partial charge on any atom is 0.207 e. The van der Waals surface area contributed by atoms with E-state index in [0.29, 0.717) is 11.2 Å². The Morgan fingerprint density at radius 3 is 2.67 bits per heavy atom. The third-order valence-electron chi connectivity index (χ3n) is 5.63. The minimum Gasteiger partial charge on any atom is -0.380 e. The first-order chi connectivity index (χ1) is 12.7. The molecule has 0 spiro atoms. The highest BCUT2D eigenvalue weighted by Gasteiger charge is 2.22. The molecule has 1 aliphatic carbocycles. The SMILES string of the molecule is Cl.N#Cc1cn(C2CCNC2)c2cc(NC3CCCCC3)c(F)cc2c1=O. The van der Waals surface area contributed by atoms with Gasteiger partial charge in [0.25, 0.3) is 0 Å². The Morgan fingerprint density at radius 1 is 1.22 bits per heavy atom. The lowest BCUT2D eigenvalue weighted by molar-refractivity contribution is 0.460. The maximum atomic E-state index is 14.7. The van der Waals surface area contributed by atoms with E-state index in [0.717, 1.165) is 45.2 Å². The van der Waals surface area contributed by atoms with Crippen molar-refractivity contribution in [1.82, 2.24) is 9.88 Å². The van der Waals surface area contributed by atoms with Gasteiger partial charge in [0.2, 0.25) is 5.43 Å². The molecule has 1 saturated carbocycles. The summed E-state index contributed by atoms with van der Waals surface area (Å²) in [5.74, 6) is -0.425. The van der Waals surface area contributed by atoms with Crippen LogP contribution in [0.1, 0.15) is 50.1 Å². The largest absolute Gasteiger partial charge is 0.380 e. The average molecular weight is 391 g/mol. The van der Waals surface area contributed by atoms with Crippen LogP contribution in [0.5, 0.6) is 0 Å². The minimum absolute atomic E-state index is 0. The average Bonchev–Trinajstić information content (AvgIpc) is 3.19. The number of benzene rings is 1. The van der Waals surface area contributed by atoms with Gasteiger partial charge >= 0.3 is 0 Å². The van der Waals surface area contributed by atoms with E-state index in [9.17, 15) is 14.4 Å². The molecule has 7 heteroatoms. The molecule has 1 aromatic heterocycles. The van der Waals surface area contributed by atoms with Gasteiger partial charge in [-0.05, 0) is 37.9 Å². The smallest absolute Gasteiger partial charge is 0.207 e. The predicted molar refractivity (Wildman–Crippen MR) is 107 cm³/mol. The van der Waals surface area contributed by atoms with Crippen molar-refractivity contribution in [3.63, 3.8) is 0 Å². The first-order valence-electron chi connectivity index (χ1n) is 9.43. The van der Waals surface area contributed by atoms with Crippen LogP contribution in [-0.2, 0) is 0 Å². The lowest BCUT2D eigenvalue weighted by atomic mass is 9.95. The van der Waals surface area contributed by atoms with E-state index >= 15 is 0 Å². The highest BCUT2D eigenvalue weighted by Crippen LogP contribution is 2.28. The predicted octanol–water partition coefficient (Wildman–Crippen LogP) is 3.71. The molecule has 5 nitrogen and oxygen atoms in total. The van der Waals surface area contributed by atoms with Crippen LogP contribution in [0.3, 0.4) is 0 Å². The summed E-state index contributed by atoms with van der Waals surface area (Å²) in [5.41, 5.74) is 0.820. The van der Waals surface area contributed by atoms with Gasteiger partial charge in [0.1, 0.15) is 17.4 Å². The van der Waals surface area contributed by atoms with Gasteiger partial charge < -0.3 is 15.2 Å². The molecular formula is C20H24ClFN4O. The molecule has 4 rings (SSSR count). The van der Waals surface area contributed by atoms with Gasteiger partial charge in [-0.1, -0.05) is 19.3 Å². The zero-order chi connectivity index (χ0) is 18.1. The molecule has 2 heterocycles. The van der Waals surface area contributed by atoms with Crippen molar-refractivity contribution in [2.75, 3.05) is 18.4 Å². The molecule has 2 aromatic rings.